The summed E-state index contributed by atoms with van der Waals surface area (Å²) in [6.45, 7) is 4.88. The first-order valence-electron chi connectivity index (χ1n) is 14.9. The Morgan fingerprint density at radius 2 is 1.90 bits per heavy atom. The number of carbonyl (C=O) groups is 1. The number of carboxylic acids is 1. The molecule has 1 unspecified atom stereocenters. The number of hydrogen-bond acceptors (Lipinski definition) is 6. The normalized spacial score (nSPS) is 26.7. The molecule has 6 rings (SSSR count). The summed E-state index contributed by atoms with van der Waals surface area (Å²) in [6.07, 6.45) is 6.95. The number of morpholine rings is 1. The molecule has 7 nitrogen and oxygen atoms in total. The monoisotopic (exact) mass is 543 g/mol. The van der Waals surface area contributed by atoms with Gasteiger partial charge in [0.15, 0.2) is 0 Å². The third-order valence-electron chi connectivity index (χ3n) is 9.64. The van der Waals surface area contributed by atoms with Gasteiger partial charge in [0.1, 0.15) is 5.75 Å². The first-order valence-corrected chi connectivity index (χ1v) is 14.9. The van der Waals surface area contributed by atoms with Gasteiger partial charge in [-0.1, -0.05) is 30.3 Å². The second-order valence-electron chi connectivity index (χ2n) is 11.7. The minimum Gasteiger partial charge on any atom is -0.497 e. The van der Waals surface area contributed by atoms with Gasteiger partial charge in [0.2, 0.25) is 0 Å². The third-order valence-corrected chi connectivity index (χ3v) is 9.64. The zero-order valence-corrected chi connectivity index (χ0v) is 23.5. The van der Waals surface area contributed by atoms with Crippen LogP contribution in [0.25, 0.3) is 10.9 Å². The number of hydrogen-bond donors (Lipinski definition) is 1. The highest BCUT2D eigenvalue weighted by atomic mass is 16.5. The molecule has 0 spiro atoms. The van der Waals surface area contributed by atoms with Gasteiger partial charge in [0, 0.05) is 43.3 Å². The molecule has 0 radical (unpaired) electrons. The highest BCUT2D eigenvalue weighted by molar-refractivity contribution is 5.84. The maximum absolute atomic E-state index is 12.5. The summed E-state index contributed by atoms with van der Waals surface area (Å²) in [5, 5.41) is 11.4. The summed E-state index contributed by atoms with van der Waals surface area (Å²) in [5.74, 6) is 0.659. The van der Waals surface area contributed by atoms with Gasteiger partial charge < -0.3 is 14.6 Å². The molecule has 2 saturated heterocycles. The highest BCUT2D eigenvalue weighted by Gasteiger charge is 2.41. The maximum Gasteiger partial charge on any atom is 0.308 e. The van der Waals surface area contributed by atoms with Crippen molar-refractivity contribution in [3.63, 3.8) is 0 Å². The minimum absolute atomic E-state index is 0.185. The van der Waals surface area contributed by atoms with Crippen molar-refractivity contribution >= 4 is 16.9 Å². The molecule has 2 aliphatic heterocycles. The van der Waals surface area contributed by atoms with E-state index in [4.69, 9.17) is 9.47 Å². The molecule has 40 heavy (non-hydrogen) atoms. The van der Waals surface area contributed by atoms with Gasteiger partial charge in [-0.2, -0.15) is 0 Å². The molecule has 0 amide bonds. The Morgan fingerprint density at radius 3 is 2.65 bits per heavy atom. The third kappa shape index (κ3) is 5.73. The number of rotatable bonds is 9. The van der Waals surface area contributed by atoms with Crippen LogP contribution in [0.4, 0.5) is 0 Å². The highest BCUT2D eigenvalue weighted by Crippen LogP contribution is 2.43. The van der Waals surface area contributed by atoms with E-state index in [1.54, 1.807) is 7.11 Å². The van der Waals surface area contributed by atoms with Crippen LogP contribution < -0.4 is 4.74 Å². The molecular weight excluding hydrogens is 502 g/mol. The number of carboxylic acid groups (broad SMARTS) is 1. The van der Waals surface area contributed by atoms with Crippen LogP contribution >= 0.6 is 0 Å². The van der Waals surface area contributed by atoms with E-state index >= 15 is 0 Å². The van der Waals surface area contributed by atoms with Gasteiger partial charge in [-0.15, -0.1) is 0 Å². The van der Waals surface area contributed by atoms with Gasteiger partial charge in [0.05, 0.1) is 31.8 Å². The number of aliphatic carboxylic acids is 1. The lowest BCUT2D eigenvalue weighted by atomic mass is 9.73. The molecule has 3 fully saturated rings. The SMILES string of the molecule is COc1ccc2nccc(C(CC[C@@H]3CCN(C4CC(c5ccccc5)C4)C[C@@H]3C(=O)O)N3CCOCC3)c2c1. The quantitative estimate of drug-likeness (QED) is 0.389. The lowest BCUT2D eigenvalue weighted by Gasteiger charge is -2.48. The van der Waals surface area contributed by atoms with Crippen molar-refractivity contribution < 1.29 is 19.4 Å². The van der Waals surface area contributed by atoms with Gasteiger partial charge in [-0.25, -0.2) is 0 Å². The predicted molar refractivity (Wildman–Crippen MR) is 156 cm³/mol. The predicted octanol–water partition coefficient (Wildman–Crippen LogP) is 5.37. The Labute approximate surface area is 237 Å². The van der Waals surface area contributed by atoms with E-state index in [1.165, 1.54) is 11.1 Å². The van der Waals surface area contributed by atoms with Crippen LogP contribution in [0.5, 0.6) is 5.75 Å². The van der Waals surface area contributed by atoms with Crippen LogP contribution in [-0.2, 0) is 9.53 Å². The van der Waals surface area contributed by atoms with Crippen molar-refractivity contribution in [3.05, 3.63) is 71.9 Å². The summed E-state index contributed by atoms with van der Waals surface area (Å²) >= 11 is 0. The molecular formula is C33H41N3O4. The molecule has 2 aromatic carbocycles. The summed E-state index contributed by atoms with van der Waals surface area (Å²) in [4.78, 5) is 22.1. The van der Waals surface area contributed by atoms with Gasteiger partial charge >= 0.3 is 5.97 Å². The fourth-order valence-electron chi connectivity index (χ4n) is 7.23. The first kappa shape index (κ1) is 27.2. The number of aromatic nitrogens is 1. The van der Waals surface area contributed by atoms with Crippen molar-refractivity contribution in [2.75, 3.05) is 46.5 Å². The average Bonchev–Trinajstić information content (AvgIpc) is 2.98. The molecule has 1 N–H and O–H groups in total. The summed E-state index contributed by atoms with van der Waals surface area (Å²) in [6, 6.07) is 19.6. The Bertz CT molecular complexity index is 1290. The first-order chi connectivity index (χ1) is 19.6. The summed E-state index contributed by atoms with van der Waals surface area (Å²) in [7, 11) is 1.69. The smallest absolute Gasteiger partial charge is 0.308 e. The van der Waals surface area contributed by atoms with Crippen LogP contribution in [0, 0.1) is 11.8 Å². The second-order valence-corrected chi connectivity index (χ2v) is 11.7. The van der Waals surface area contributed by atoms with Gasteiger partial charge in [-0.05, 0) is 85.9 Å². The number of fused-ring (bicyclic) bond motifs is 1. The molecule has 3 heterocycles. The number of ether oxygens (including phenoxy) is 2. The lowest BCUT2D eigenvalue weighted by Crippen LogP contribution is -2.52. The van der Waals surface area contributed by atoms with Crippen LogP contribution in [0.1, 0.15) is 55.2 Å². The molecule has 3 atom stereocenters. The van der Waals surface area contributed by atoms with Crippen LogP contribution in [-0.4, -0.2) is 78.4 Å². The van der Waals surface area contributed by atoms with Gasteiger partial charge in [-0.3, -0.25) is 19.6 Å². The zero-order valence-electron chi connectivity index (χ0n) is 23.5. The van der Waals surface area contributed by atoms with E-state index in [9.17, 15) is 9.90 Å². The Morgan fingerprint density at radius 1 is 1.10 bits per heavy atom. The minimum atomic E-state index is -0.643. The van der Waals surface area contributed by atoms with Crippen LogP contribution in [0.2, 0.25) is 0 Å². The Kier molecular flexibility index (Phi) is 8.32. The zero-order chi connectivity index (χ0) is 27.5. The topological polar surface area (TPSA) is 75.1 Å². The maximum atomic E-state index is 12.5. The number of benzene rings is 2. The molecule has 1 saturated carbocycles. The van der Waals surface area contributed by atoms with Crippen LogP contribution in [0.3, 0.4) is 0 Å². The Balaban J connectivity index is 1.16. The lowest BCUT2D eigenvalue weighted by molar-refractivity contribution is -0.147. The number of methoxy groups -OCH3 is 1. The molecule has 1 aromatic heterocycles. The molecule has 3 aromatic rings. The molecule has 1 aliphatic carbocycles. The van der Waals surface area contributed by atoms with E-state index in [1.807, 2.05) is 18.3 Å². The van der Waals surface area contributed by atoms with E-state index in [2.05, 4.69) is 57.2 Å². The van der Waals surface area contributed by atoms with E-state index in [0.717, 1.165) is 81.6 Å². The molecule has 7 heteroatoms. The second kappa shape index (κ2) is 12.2. The summed E-state index contributed by atoms with van der Waals surface area (Å²) < 4.78 is 11.2. The number of nitrogens with zero attached hydrogens (tertiary/aromatic N) is 3. The average molecular weight is 544 g/mol. The van der Waals surface area contributed by atoms with Gasteiger partial charge in [0.25, 0.3) is 0 Å². The molecule has 212 valence electrons. The van der Waals surface area contributed by atoms with Crippen molar-refractivity contribution in [2.24, 2.45) is 11.8 Å². The Hall–Kier alpha value is -3.00. The van der Waals surface area contributed by atoms with E-state index in [-0.39, 0.29) is 17.9 Å². The van der Waals surface area contributed by atoms with E-state index in [0.29, 0.717) is 18.5 Å². The van der Waals surface area contributed by atoms with Crippen molar-refractivity contribution in [3.8, 4) is 5.75 Å². The number of pyridine rings is 1. The molecule has 3 aliphatic rings. The van der Waals surface area contributed by atoms with Crippen LogP contribution in [0.15, 0.2) is 60.8 Å². The molecule has 0 bridgehead atoms. The fourth-order valence-corrected chi connectivity index (χ4v) is 7.23. The van der Waals surface area contributed by atoms with Crippen molar-refractivity contribution in [2.45, 2.75) is 50.1 Å². The fraction of sp³-hybridized carbons (Fsp3) is 0.515. The summed E-state index contributed by atoms with van der Waals surface area (Å²) in [5.41, 5.74) is 3.62. The number of piperidine rings is 1. The van der Waals surface area contributed by atoms with Crippen molar-refractivity contribution in [1.82, 2.24) is 14.8 Å². The van der Waals surface area contributed by atoms with E-state index < -0.39 is 5.97 Å². The largest absolute Gasteiger partial charge is 0.497 e. The van der Waals surface area contributed by atoms with Crippen molar-refractivity contribution in [1.29, 1.82) is 0 Å². The standard InChI is InChI=1S/C33H41N3O4/c1-39-27-8-9-31-29(21-27)28(11-13-34-31)32(35-15-17-40-18-16-35)10-7-24-12-14-36(22-30(24)33(37)38)26-19-25(20-26)23-5-3-2-4-6-23/h2-6,8-9,11,13,21,24-26,30,32H,7,10,12,14-20,22H2,1H3,(H,37,38)/t24-,25?,26?,30+,32?/m1/s1. The number of likely N-dealkylation sites (tertiary alicyclic amines) is 1.